The highest BCUT2D eigenvalue weighted by Crippen LogP contribution is 2.41. The highest BCUT2D eigenvalue weighted by atomic mass is 35.5. The lowest BCUT2D eigenvalue weighted by Gasteiger charge is -2.16. The van der Waals surface area contributed by atoms with Crippen LogP contribution in [0.5, 0.6) is 0 Å². The molecular weight excluding hydrogens is 241 g/mol. The number of hydrogen-bond donors (Lipinski definition) is 0. The van der Waals surface area contributed by atoms with Gasteiger partial charge in [-0.25, -0.2) is 0 Å². The van der Waals surface area contributed by atoms with E-state index in [1.54, 1.807) is 4.90 Å². The Labute approximate surface area is 96.3 Å². The van der Waals surface area contributed by atoms with Crippen LogP contribution in [0.2, 0.25) is 0 Å². The van der Waals surface area contributed by atoms with E-state index in [4.69, 9.17) is 11.8 Å². The lowest BCUT2D eigenvalue weighted by atomic mass is 10.1. The van der Waals surface area contributed by atoms with Crippen molar-refractivity contribution in [3.8, 4) is 0 Å². The maximum Gasteiger partial charge on any atom is 0.416 e. The third-order valence-electron chi connectivity index (χ3n) is 2.58. The molecule has 0 unspecified atom stereocenters. The van der Waals surface area contributed by atoms with Crippen molar-refractivity contribution in [1.82, 2.24) is 0 Å². The smallest absolute Gasteiger partial charge is 0.351 e. The van der Waals surface area contributed by atoms with Crippen molar-refractivity contribution in [2.75, 3.05) is 22.5 Å². The summed E-state index contributed by atoms with van der Waals surface area (Å²) < 4.78 is 39.0. The van der Waals surface area contributed by atoms with Gasteiger partial charge in [-0.1, -0.05) is 0 Å². The first-order chi connectivity index (χ1) is 7.43. The van der Waals surface area contributed by atoms with Crippen LogP contribution in [-0.2, 0) is 6.18 Å². The summed E-state index contributed by atoms with van der Waals surface area (Å²) in [7, 11) is 0. The van der Waals surface area contributed by atoms with Crippen LogP contribution in [0.3, 0.4) is 0 Å². The monoisotopic (exact) mass is 250 g/mol. The van der Waals surface area contributed by atoms with Crippen LogP contribution in [0.15, 0.2) is 18.2 Å². The molecule has 16 heavy (non-hydrogen) atoms. The zero-order chi connectivity index (χ0) is 11.9. The van der Waals surface area contributed by atoms with Crippen LogP contribution in [0.1, 0.15) is 12.5 Å². The summed E-state index contributed by atoms with van der Waals surface area (Å²) in [6, 6.07) is 3.59. The molecule has 0 radical (unpaired) electrons. The second-order valence-electron chi connectivity index (χ2n) is 3.56. The van der Waals surface area contributed by atoms with Crippen molar-refractivity contribution < 1.29 is 13.2 Å². The second kappa shape index (κ2) is 3.73. The van der Waals surface area contributed by atoms with Gasteiger partial charge in [-0.2, -0.15) is 13.2 Å². The lowest BCUT2D eigenvalue weighted by Crippen LogP contribution is -2.24. The van der Waals surface area contributed by atoms with Gasteiger partial charge in [0, 0.05) is 18.3 Å². The third-order valence-corrected chi connectivity index (χ3v) is 2.87. The Kier molecular flexibility index (Phi) is 2.66. The number of benzene rings is 1. The van der Waals surface area contributed by atoms with Gasteiger partial charge in [0.15, 0.2) is 0 Å². The zero-order valence-electron chi connectivity index (χ0n) is 8.55. The maximum absolute atomic E-state index is 12.5. The van der Waals surface area contributed by atoms with Gasteiger partial charge in [-0.3, -0.25) is 4.42 Å². The number of fused-ring (bicyclic) bond motifs is 1. The van der Waals surface area contributed by atoms with E-state index in [2.05, 4.69) is 0 Å². The van der Waals surface area contributed by atoms with E-state index in [0.717, 1.165) is 12.1 Å². The van der Waals surface area contributed by atoms with E-state index in [9.17, 15) is 13.2 Å². The largest absolute Gasteiger partial charge is 0.416 e. The average molecular weight is 251 g/mol. The van der Waals surface area contributed by atoms with E-state index in [1.165, 1.54) is 10.5 Å². The maximum atomic E-state index is 12.5. The topological polar surface area (TPSA) is 6.48 Å². The van der Waals surface area contributed by atoms with Crippen molar-refractivity contribution in [2.24, 2.45) is 0 Å². The Morgan fingerprint density at radius 1 is 1.31 bits per heavy atom. The fraction of sp³-hybridized carbons (Fsp3) is 0.400. The zero-order valence-corrected chi connectivity index (χ0v) is 9.31. The molecule has 2 rings (SSSR count). The van der Waals surface area contributed by atoms with Crippen LogP contribution in [0.25, 0.3) is 0 Å². The van der Waals surface area contributed by atoms with Crippen molar-refractivity contribution in [3.05, 3.63) is 23.8 Å². The molecule has 2 nitrogen and oxygen atoms in total. The summed E-state index contributed by atoms with van der Waals surface area (Å²) in [6.07, 6.45) is -4.31. The Bertz CT molecular complexity index is 406. The number of nitrogens with zero attached hydrogens (tertiary/aromatic N) is 2. The van der Waals surface area contributed by atoms with E-state index in [0.29, 0.717) is 24.6 Å². The first-order valence-electron chi connectivity index (χ1n) is 4.83. The third kappa shape index (κ3) is 1.80. The predicted molar refractivity (Wildman–Crippen MR) is 57.7 cm³/mol. The minimum Gasteiger partial charge on any atom is -0.351 e. The molecule has 0 saturated carbocycles. The van der Waals surface area contributed by atoms with Crippen LogP contribution >= 0.6 is 11.8 Å². The molecule has 0 saturated heterocycles. The number of hydrogen-bond acceptors (Lipinski definition) is 2. The Morgan fingerprint density at radius 2 is 2.00 bits per heavy atom. The molecule has 0 aliphatic carbocycles. The number of halogens is 4. The lowest BCUT2D eigenvalue weighted by molar-refractivity contribution is -0.137. The molecule has 1 aromatic rings. The number of alkyl halides is 3. The predicted octanol–water partition coefficient (Wildman–Crippen LogP) is 3.46. The summed E-state index contributed by atoms with van der Waals surface area (Å²) >= 11 is 5.89. The van der Waals surface area contributed by atoms with Crippen molar-refractivity contribution in [1.29, 1.82) is 0 Å². The number of rotatable bonds is 1. The molecule has 6 heteroatoms. The van der Waals surface area contributed by atoms with Crippen molar-refractivity contribution in [3.63, 3.8) is 0 Å². The van der Waals surface area contributed by atoms with E-state index in [-0.39, 0.29) is 0 Å². The highest BCUT2D eigenvalue weighted by Gasteiger charge is 2.33. The molecule has 88 valence electrons. The van der Waals surface area contributed by atoms with Gasteiger partial charge >= 0.3 is 6.18 Å². The normalized spacial score (nSPS) is 15.6. The molecule has 1 aliphatic rings. The van der Waals surface area contributed by atoms with Gasteiger partial charge in [-0.15, -0.1) is 0 Å². The molecule has 0 bridgehead atoms. The first kappa shape index (κ1) is 11.4. The average Bonchev–Trinajstić information content (AvgIpc) is 2.54. The second-order valence-corrected chi connectivity index (χ2v) is 3.97. The molecule has 0 spiro atoms. The minimum absolute atomic E-state index is 0.411. The summed E-state index contributed by atoms with van der Waals surface area (Å²) in [5.41, 5.74) is 0.514. The molecule has 1 heterocycles. The molecule has 0 aromatic heterocycles. The quantitative estimate of drug-likeness (QED) is 0.705. The standard InChI is InChI=1S/C10H10ClF3N2/c1-2-15-6-16(11)8-4-3-7(5-9(8)15)10(12,13)14/h3-5H,2,6H2,1H3. The van der Waals surface area contributed by atoms with Crippen molar-refractivity contribution in [2.45, 2.75) is 13.1 Å². The fourth-order valence-electron chi connectivity index (χ4n) is 1.73. The molecule has 0 N–H and O–H groups in total. The molecular formula is C10H10ClF3N2. The summed E-state index contributed by atoms with van der Waals surface area (Å²) in [6.45, 7) is 2.91. The molecule has 1 aromatic carbocycles. The van der Waals surface area contributed by atoms with Gasteiger partial charge in [-0.05, 0) is 25.1 Å². The first-order valence-corrected chi connectivity index (χ1v) is 5.17. The van der Waals surface area contributed by atoms with Gasteiger partial charge in [0.1, 0.15) is 6.67 Å². The molecule has 0 fully saturated rings. The van der Waals surface area contributed by atoms with Crippen LogP contribution in [0.4, 0.5) is 24.5 Å². The Morgan fingerprint density at radius 3 is 2.56 bits per heavy atom. The highest BCUT2D eigenvalue weighted by molar-refractivity contribution is 6.27. The molecule has 0 atom stereocenters. The fourth-order valence-corrected chi connectivity index (χ4v) is 2.00. The number of anilines is 2. The van der Waals surface area contributed by atoms with Crippen LogP contribution < -0.4 is 9.32 Å². The Balaban J connectivity index is 2.46. The van der Waals surface area contributed by atoms with Gasteiger partial charge in [0.05, 0.1) is 16.9 Å². The summed E-state index contributed by atoms with van der Waals surface area (Å²) in [5, 5.41) is 0. The molecule has 1 aliphatic heterocycles. The summed E-state index contributed by atoms with van der Waals surface area (Å²) in [4.78, 5) is 1.79. The van der Waals surface area contributed by atoms with E-state index < -0.39 is 11.7 Å². The van der Waals surface area contributed by atoms with E-state index >= 15 is 0 Å². The molecule has 0 amide bonds. The van der Waals surface area contributed by atoms with E-state index in [1.807, 2.05) is 6.92 Å². The Hall–Kier alpha value is -1.10. The van der Waals surface area contributed by atoms with Crippen LogP contribution in [-0.4, -0.2) is 13.2 Å². The SMILES string of the molecule is CCN1CN(Cl)c2ccc(C(F)(F)F)cc21. The summed E-state index contributed by atoms with van der Waals surface area (Å²) in [5.74, 6) is 0. The van der Waals surface area contributed by atoms with Crippen molar-refractivity contribution >= 4 is 23.2 Å². The van der Waals surface area contributed by atoms with Gasteiger partial charge in [0.2, 0.25) is 0 Å². The van der Waals surface area contributed by atoms with Gasteiger partial charge in [0.25, 0.3) is 0 Å². The minimum atomic E-state index is -4.31. The van der Waals surface area contributed by atoms with Crippen LogP contribution in [0, 0.1) is 0 Å². The van der Waals surface area contributed by atoms with Gasteiger partial charge < -0.3 is 4.90 Å².